The Morgan fingerprint density at radius 3 is 2.62 bits per heavy atom. The third kappa shape index (κ3) is 4.15. The molecule has 0 aliphatic rings. The highest BCUT2D eigenvalue weighted by Gasteiger charge is 2.02. The van der Waals surface area contributed by atoms with Crippen LogP contribution in [0.2, 0.25) is 0 Å². The van der Waals surface area contributed by atoms with Crippen LogP contribution in [-0.4, -0.2) is 20.1 Å². The first-order valence-corrected chi connectivity index (χ1v) is 7.00. The van der Waals surface area contributed by atoms with Crippen LogP contribution >= 0.6 is 0 Å². The average Bonchev–Trinajstić information content (AvgIpc) is 2.53. The van der Waals surface area contributed by atoms with Gasteiger partial charge in [-0.1, -0.05) is 18.2 Å². The molecule has 0 aromatic heterocycles. The van der Waals surface area contributed by atoms with Gasteiger partial charge in [0, 0.05) is 25.8 Å². The molecule has 0 atom stereocenters. The van der Waals surface area contributed by atoms with Gasteiger partial charge in [-0.3, -0.25) is 0 Å². The first-order valence-electron chi connectivity index (χ1n) is 7.00. The molecule has 0 bridgehead atoms. The van der Waals surface area contributed by atoms with Crippen molar-refractivity contribution in [1.29, 1.82) is 5.26 Å². The SMILES string of the molecule is CN(CCCNc1ccc(C#N)cc1N)c1ccccc1. The molecule has 2 rings (SSSR count). The number of nitriles is 1. The predicted octanol–water partition coefficient (Wildman–Crippen LogP) is 3.08. The van der Waals surface area contributed by atoms with Crippen LogP contribution in [0.4, 0.5) is 17.1 Å². The van der Waals surface area contributed by atoms with Crippen molar-refractivity contribution in [3.63, 3.8) is 0 Å². The molecule has 0 saturated heterocycles. The second kappa shape index (κ2) is 7.20. The van der Waals surface area contributed by atoms with Crippen molar-refractivity contribution in [2.45, 2.75) is 6.42 Å². The number of nitrogens with zero attached hydrogens (tertiary/aromatic N) is 2. The monoisotopic (exact) mass is 280 g/mol. The Balaban J connectivity index is 1.79. The Morgan fingerprint density at radius 2 is 1.95 bits per heavy atom. The Morgan fingerprint density at radius 1 is 1.19 bits per heavy atom. The van der Waals surface area contributed by atoms with Crippen LogP contribution in [0.25, 0.3) is 0 Å². The Hall–Kier alpha value is -2.67. The summed E-state index contributed by atoms with van der Waals surface area (Å²) in [6.45, 7) is 1.81. The molecule has 4 nitrogen and oxygen atoms in total. The van der Waals surface area contributed by atoms with Gasteiger partial charge in [-0.25, -0.2) is 0 Å². The third-order valence-corrected chi connectivity index (χ3v) is 3.36. The quantitative estimate of drug-likeness (QED) is 0.630. The van der Waals surface area contributed by atoms with Crippen LogP contribution in [0.1, 0.15) is 12.0 Å². The predicted molar refractivity (Wildman–Crippen MR) is 88.4 cm³/mol. The Kier molecular flexibility index (Phi) is 5.05. The lowest BCUT2D eigenvalue weighted by Crippen LogP contribution is -2.20. The van der Waals surface area contributed by atoms with Crippen molar-refractivity contribution in [2.24, 2.45) is 0 Å². The van der Waals surface area contributed by atoms with E-state index in [0.29, 0.717) is 11.3 Å². The molecule has 0 aliphatic carbocycles. The zero-order chi connectivity index (χ0) is 15.1. The highest BCUT2D eigenvalue weighted by molar-refractivity contribution is 5.68. The Labute approximate surface area is 125 Å². The van der Waals surface area contributed by atoms with E-state index in [2.05, 4.69) is 35.5 Å². The number of anilines is 3. The summed E-state index contributed by atoms with van der Waals surface area (Å²) in [7, 11) is 2.09. The minimum absolute atomic E-state index is 0.585. The summed E-state index contributed by atoms with van der Waals surface area (Å²) in [6.07, 6.45) is 1.00. The fraction of sp³-hybridized carbons (Fsp3) is 0.235. The number of nitrogens with one attached hydrogen (secondary N) is 1. The standard InChI is InChI=1S/C17H20N4/c1-21(15-6-3-2-4-7-15)11-5-10-20-17-9-8-14(13-18)12-16(17)19/h2-4,6-9,12,20H,5,10-11,19H2,1H3. The van der Waals surface area contributed by atoms with Gasteiger partial charge in [0.15, 0.2) is 0 Å². The lowest BCUT2D eigenvalue weighted by molar-refractivity contribution is 0.817. The number of hydrogen-bond acceptors (Lipinski definition) is 4. The summed E-state index contributed by atoms with van der Waals surface area (Å²) in [6, 6.07) is 17.7. The van der Waals surface area contributed by atoms with Gasteiger partial charge in [-0.15, -0.1) is 0 Å². The van der Waals surface area contributed by atoms with Crippen LogP contribution in [0.5, 0.6) is 0 Å². The second-order valence-electron chi connectivity index (χ2n) is 4.95. The van der Waals surface area contributed by atoms with E-state index >= 15 is 0 Å². The summed E-state index contributed by atoms with van der Waals surface area (Å²) >= 11 is 0. The number of nitrogen functional groups attached to an aromatic ring is 1. The summed E-state index contributed by atoms with van der Waals surface area (Å²) in [4.78, 5) is 2.23. The molecule has 0 radical (unpaired) electrons. The maximum atomic E-state index is 8.80. The van der Waals surface area contributed by atoms with Gasteiger partial charge in [0.05, 0.1) is 23.0 Å². The number of benzene rings is 2. The molecule has 0 fully saturated rings. The van der Waals surface area contributed by atoms with Crippen molar-refractivity contribution in [3.8, 4) is 6.07 Å². The molecule has 2 aromatic carbocycles. The molecular weight excluding hydrogens is 260 g/mol. The van der Waals surface area contributed by atoms with Crippen molar-refractivity contribution in [3.05, 3.63) is 54.1 Å². The van der Waals surface area contributed by atoms with Gasteiger partial charge in [-0.2, -0.15) is 5.26 Å². The molecule has 0 spiro atoms. The molecule has 0 saturated carbocycles. The zero-order valence-electron chi connectivity index (χ0n) is 12.2. The van der Waals surface area contributed by atoms with E-state index in [1.54, 1.807) is 12.1 Å². The van der Waals surface area contributed by atoms with E-state index in [-0.39, 0.29) is 0 Å². The molecule has 0 unspecified atom stereocenters. The normalized spacial score (nSPS) is 9.90. The van der Waals surface area contributed by atoms with E-state index in [9.17, 15) is 0 Å². The van der Waals surface area contributed by atoms with Crippen molar-refractivity contribution >= 4 is 17.1 Å². The van der Waals surface area contributed by atoms with E-state index in [1.165, 1.54) is 5.69 Å². The summed E-state index contributed by atoms with van der Waals surface area (Å²) in [5.41, 5.74) is 9.21. The van der Waals surface area contributed by atoms with Crippen LogP contribution < -0.4 is 16.0 Å². The first-order chi connectivity index (χ1) is 10.2. The fourth-order valence-electron chi connectivity index (χ4n) is 2.14. The van der Waals surface area contributed by atoms with Crippen molar-refractivity contribution in [2.75, 3.05) is 36.1 Å². The molecule has 3 N–H and O–H groups in total. The molecule has 2 aromatic rings. The second-order valence-corrected chi connectivity index (χ2v) is 4.95. The minimum atomic E-state index is 0.585. The molecule has 108 valence electrons. The van der Waals surface area contributed by atoms with Gasteiger partial charge in [0.2, 0.25) is 0 Å². The largest absolute Gasteiger partial charge is 0.397 e. The lowest BCUT2D eigenvalue weighted by Gasteiger charge is -2.19. The molecular formula is C17H20N4. The van der Waals surface area contributed by atoms with Crippen LogP contribution in [0.3, 0.4) is 0 Å². The molecule has 4 heteroatoms. The van der Waals surface area contributed by atoms with Crippen molar-refractivity contribution in [1.82, 2.24) is 0 Å². The van der Waals surface area contributed by atoms with Gasteiger partial charge in [0.1, 0.15) is 0 Å². The number of hydrogen-bond donors (Lipinski definition) is 2. The summed E-state index contributed by atoms with van der Waals surface area (Å²) in [5, 5.41) is 12.1. The highest BCUT2D eigenvalue weighted by atomic mass is 15.1. The summed E-state index contributed by atoms with van der Waals surface area (Å²) in [5.74, 6) is 0. The van der Waals surface area contributed by atoms with E-state index < -0.39 is 0 Å². The van der Waals surface area contributed by atoms with Crippen LogP contribution in [0, 0.1) is 11.3 Å². The Bertz CT molecular complexity index is 616. The minimum Gasteiger partial charge on any atom is -0.397 e. The average molecular weight is 280 g/mol. The van der Waals surface area contributed by atoms with E-state index in [1.807, 2.05) is 24.3 Å². The van der Waals surface area contributed by atoms with Crippen LogP contribution in [0.15, 0.2) is 48.5 Å². The molecule has 21 heavy (non-hydrogen) atoms. The summed E-state index contributed by atoms with van der Waals surface area (Å²) < 4.78 is 0. The first kappa shape index (κ1) is 14.7. The maximum absolute atomic E-state index is 8.80. The van der Waals surface area contributed by atoms with Gasteiger partial charge in [-0.05, 0) is 36.8 Å². The number of para-hydroxylation sites is 1. The molecule has 0 aliphatic heterocycles. The van der Waals surface area contributed by atoms with Gasteiger partial charge in [0.25, 0.3) is 0 Å². The third-order valence-electron chi connectivity index (χ3n) is 3.36. The molecule has 0 heterocycles. The van der Waals surface area contributed by atoms with Gasteiger partial charge >= 0.3 is 0 Å². The molecule has 0 amide bonds. The van der Waals surface area contributed by atoms with Gasteiger partial charge < -0.3 is 16.0 Å². The maximum Gasteiger partial charge on any atom is 0.0992 e. The fourth-order valence-corrected chi connectivity index (χ4v) is 2.14. The van der Waals surface area contributed by atoms with Crippen LogP contribution in [-0.2, 0) is 0 Å². The smallest absolute Gasteiger partial charge is 0.0992 e. The highest BCUT2D eigenvalue weighted by Crippen LogP contribution is 2.19. The topological polar surface area (TPSA) is 65.1 Å². The van der Waals surface area contributed by atoms with Crippen molar-refractivity contribution < 1.29 is 0 Å². The lowest BCUT2D eigenvalue weighted by atomic mass is 10.2. The zero-order valence-corrected chi connectivity index (χ0v) is 12.2. The number of nitrogens with two attached hydrogens (primary N) is 1. The number of rotatable bonds is 6. The van der Waals surface area contributed by atoms with E-state index in [4.69, 9.17) is 11.0 Å². The van der Waals surface area contributed by atoms with E-state index in [0.717, 1.165) is 25.2 Å².